The Labute approximate surface area is 85.5 Å². The Kier molecular flexibility index (Phi) is 1.90. The third-order valence-corrected chi connectivity index (χ3v) is 2.90. The molecule has 1 aliphatic rings. The zero-order chi connectivity index (χ0) is 10.3. The van der Waals surface area contributed by atoms with Gasteiger partial charge in [-0.2, -0.15) is 5.26 Å². The molecule has 1 aromatic carbocycles. The predicted octanol–water partition coefficient (Wildman–Crippen LogP) is 2.74. The van der Waals surface area contributed by atoms with Gasteiger partial charge in [0.1, 0.15) is 16.6 Å². The number of phenols is 1. The van der Waals surface area contributed by atoms with Crippen LogP contribution in [0.25, 0.3) is 0 Å². The lowest BCUT2D eigenvalue weighted by Crippen LogP contribution is -2.02. The number of aromatic hydroxyl groups is 1. The van der Waals surface area contributed by atoms with E-state index in [2.05, 4.69) is 6.07 Å². The standard InChI is InChI=1S/C10H7ClFNO/c11-9-7(12)3-6(4-8(9)14)10(5-13)1-2-10/h3-4,14H,1-2H2. The highest BCUT2D eigenvalue weighted by Gasteiger charge is 2.45. The van der Waals surface area contributed by atoms with Crippen LogP contribution in [0.15, 0.2) is 12.1 Å². The lowest BCUT2D eigenvalue weighted by atomic mass is 9.97. The van der Waals surface area contributed by atoms with Gasteiger partial charge in [0.25, 0.3) is 0 Å². The first-order valence-electron chi connectivity index (χ1n) is 4.19. The van der Waals surface area contributed by atoms with Crippen molar-refractivity contribution in [3.05, 3.63) is 28.5 Å². The van der Waals surface area contributed by atoms with E-state index in [4.69, 9.17) is 16.9 Å². The first-order chi connectivity index (χ1) is 6.59. The maximum absolute atomic E-state index is 13.1. The fourth-order valence-corrected chi connectivity index (χ4v) is 1.55. The van der Waals surface area contributed by atoms with Crippen molar-refractivity contribution in [1.29, 1.82) is 5.26 Å². The minimum Gasteiger partial charge on any atom is -0.506 e. The zero-order valence-electron chi connectivity index (χ0n) is 7.22. The highest BCUT2D eigenvalue weighted by molar-refractivity contribution is 6.32. The second-order valence-electron chi connectivity index (χ2n) is 3.49. The van der Waals surface area contributed by atoms with Gasteiger partial charge in [0.2, 0.25) is 0 Å². The second kappa shape index (κ2) is 2.86. The number of phenolic OH excluding ortho intramolecular Hbond substituents is 1. The molecule has 0 aromatic heterocycles. The Morgan fingerprint density at radius 1 is 1.50 bits per heavy atom. The van der Waals surface area contributed by atoms with E-state index in [1.165, 1.54) is 12.1 Å². The van der Waals surface area contributed by atoms with Crippen LogP contribution in [0.5, 0.6) is 5.75 Å². The summed E-state index contributed by atoms with van der Waals surface area (Å²) in [6, 6.07) is 4.70. The summed E-state index contributed by atoms with van der Waals surface area (Å²) < 4.78 is 13.1. The molecular formula is C10H7ClFNO. The van der Waals surface area contributed by atoms with Gasteiger partial charge < -0.3 is 5.11 Å². The maximum atomic E-state index is 13.1. The monoisotopic (exact) mass is 211 g/mol. The molecule has 0 unspecified atom stereocenters. The van der Waals surface area contributed by atoms with Crippen LogP contribution in [0.3, 0.4) is 0 Å². The van der Waals surface area contributed by atoms with Crippen molar-refractivity contribution in [2.24, 2.45) is 0 Å². The molecule has 1 aliphatic carbocycles. The summed E-state index contributed by atoms with van der Waals surface area (Å²) in [7, 11) is 0. The van der Waals surface area contributed by atoms with Crippen LogP contribution in [0.1, 0.15) is 18.4 Å². The predicted molar refractivity (Wildman–Crippen MR) is 49.6 cm³/mol. The number of halogens is 2. The first kappa shape index (κ1) is 9.29. The van der Waals surface area contributed by atoms with Crippen molar-refractivity contribution in [2.75, 3.05) is 0 Å². The highest BCUT2D eigenvalue weighted by atomic mass is 35.5. The van der Waals surface area contributed by atoms with Crippen molar-refractivity contribution in [2.45, 2.75) is 18.3 Å². The second-order valence-corrected chi connectivity index (χ2v) is 3.86. The topological polar surface area (TPSA) is 44.0 Å². The Hall–Kier alpha value is -1.27. The summed E-state index contributed by atoms with van der Waals surface area (Å²) in [5.74, 6) is -0.980. The summed E-state index contributed by atoms with van der Waals surface area (Å²) >= 11 is 5.46. The number of rotatable bonds is 1. The zero-order valence-corrected chi connectivity index (χ0v) is 7.98. The van der Waals surface area contributed by atoms with E-state index < -0.39 is 11.2 Å². The van der Waals surface area contributed by atoms with E-state index in [0.29, 0.717) is 18.4 Å². The van der Waals surface area contributed by atoms with Gasteiger partial charge in [-0.05, 0) is 30.5 Å². The number of hydrogen-bond acceptors (Lipinski definition) is 2. The molecule has 0 bridgehead atoms. The molecule has 2 rings (SSSR count). The maximum Gasteiger partial charge on any atom is 0.145 e. The average Bonchev–Trinajstić information content (AvgIpc) is 2.94. The van der Waals surface area contributed by atoms with Gasteiger partial charge >= 0.3 is 0 Å². The van der Waals surface area contributed by atoms with Crippen molar-refractivity contribution in [3.63, 3.8) is 0 Å². The quantitative estimate of drug-likeness (QED) is 0.776. The first-order valence-corrected chi connectivity index (χ1v) is 4.56. The average molecular weight is 212 g/mol. The molecule has 4 heteroatoms. The molecule has 0 radical (unpaired) electrons. The lowest BCUT2D eigenvalue weighted by Gasteiger charge is -2.08. The van der Waals surface area contributed by atoms with Crippen LogP contribution in [-0.2, 0) is 5.41 Å². The summed E-state index contributed by atoms with van der Waals surface area (Å²) in [5.41, 5.74) is -0.0810. The van der Waals surface area contributed by atoms with Crippen molar-refractivity contribution >= 4 is 11.6 Å². The summed E-state index contributed by atoms with van der Waals surface area (Å²) in [4.78, 5) is 0. The minimum atomic E-state index is -0.678. The highest BCUT2D eigenvalue weighted by Crippen LogP contribution is 2.49. The largest absolute Gasteiger partial charge is 0.506 e. The molecule has 2 nitrogen and oxygen atoms in total. The third kappa shape index (κ3) is 1.23. The number of nitrogens with zero attached hydrogens (tertiary/aromatic N) is 1. The molecule has 1 aromatic rings. The molecule has 14 heavy (non-hydrogen) atoms. The molecule has 0 heterocycles. The van der Waals surface area contributed by atoms with E-state index in [1.54, 1.807) is 0 Å². The van der Waals surface area contributed by atoms with E-state index in [9.17, 15) is 9.50 Å². The Morgan fingerprint density at radius 2 is 2.14 bits per heavy atom. The molecule has 0 aliphatic heterocycles. The summed E-state index contributed by atoms with van der Waals surface area (Å²) in [6.45, 7) is 0. The summed E-state index contributed by atoms with van der Waals surface area (Å²) in [5, 5.41) is 17.9. The van der Waals surface area contributed by atoms with Gasteiger partial charge in [-0.15, -0.1) is 0 Å². The van der Waals surface area contributed by atoms with Gasteiger partial charge in [-0.3, -0.25) is 0 Å². The molecule has 0 atom stereocenters. The smallest absolute Gasteiger partial charge is 0.145 e. The van der Waals surface area contributed by atoms with Crippen LogP contribution in [0.2, 0.25) is 5.02 Å². The number of nitriles is 1. The molecule has 72 valence electrons. The molecule has 1 fully saturated rings. The fourth-order valence-electron chi connectivity index (χ4n) is 1.44. The van der Waals surface area contributed by atoms with Gasteiger partial charge in [-0.1, -0.05) is 11.6 Å². The summed E-state index contributed by atoms with van der Waals surface area (Å²) in [6.07, 6.45) is 1.42. The Balaban J connectivity index is 2.53. The van der Waals surface area contributed by atoms with Crippen molar-refractivity contribution in [3.8, 4) is 11.8 Å². The molecule has 0 spiro atoms. The normalized spacial score (nSPS) is 17.5. The van der Waals surface area contributed by atoms with Crippen LogP contribution >= 0.6 is 11.6 Å². The Bertz CT molecular complexity index is 411. The van der Waals surface area contributed by atoms with Gasteiger partial charge in [0.15, 0.2) is 0 Å². The lowest BCUT2D eigenvalue weighted by molar-refractivity contribution is 0.468. The molecule has 1 N–H and O–H groups in total. The third-order valence-electron chi connectivity index (χ3n) is 2.53. The van der Waals surface area contributed by atoms with Crippen molar-refractivity contribution in [1.82, 2.24) is 0 Å². The minimum absolute atomic E-state index is 0.289. The molecular weight excluding hydrogens is 205 g/mol. The number of benzene rings is 1. The van der Waals surface area contributed by atoms with Gasteiger partial charge in [-0.25, -0.2) is 4.39 Å². The van der Waals surface area contributed by atoms with Crippen LogP contribution < -0.4 is 0 Å². The van der Waals surface area contributed by atoms with Crippen LogP contribution in [0.4, 0.5) is 4.39 Å². The molecule has 1 saturated carbocycles. The van der Waals surface area contributed by atoms with E-state index in [1.807, 2.05) is 0 Å². The Morgan fingerprint density at radius 3 is 2.57 bits per heavy atom. The molecule has 0 saturated heterocycles. The SMILES string of the molecule is N#CC1(c2cc(O)c(Cl)c(F)c2)CC1. The number of hydrogen-bond donors (Lipinski definition) is 1. The van der Waals surface area contributed by atoms with Gasteiger partial charge in [0, 0.05) is 0 Å². The van der Waals surface area contributed by atoms with Crippen LogP contribution in [0, 0.1) is 17.1 Å². The van der Waals surface area contributed by atoms with E-state index >= 15 is 0 Å². The van der Waals surface area contributed by atoms with Crippen molar-refractivity contribution < 1.29 is 9.50 Å². The van der Waals surface area contributed by atoms with E-state index in [-0.39, 0.29) is 10.8 Å². The fraction of sp³-hybridized carbons (Fsp3) is 0.300. The van der Waals surface area contributed by atoms with E-state index in [0.717, 1.165) is 0 Å². The van der Waals surface area contributed by atoms with Gasteiger partial charge in [0.05, 0.1) is 11.5 Å². The van der Waals surface area contributed by atoms with Crippen LogP contribution in [-0.4, -0.2) is 5.11 Å². The molecule has 0 amide bonds.